The number of hydrogen-bond donors (Lipinski definition) is 0. The molecule has 0 spiro atoms. The van der Waals surface area contributed by atoms with E-state index in [4.69, 9.17) is 0 Å². The Kier molecular flexibility index (Phi) is 4.22. The van der Waals surface area contributed by atoms with E-state index in [0.717, 1.165) is 29.4 Å². The van der Waals surface area contributed by atoms with Crippen LogP contribution >= 0.6 is 27.3 Å². The molecule has 1 fully saturated rings. The second-order valence-corrected chi connectivity index (χ2v) is 6.80. The van der Waals surface area contributed by atoms with Gasteiger partial charge >= 0.3 is 0 Å². The summed E-state index contributed by atoms with van der Waals surface area (Å²) in [5.74, 6) is 0.237. The van der Waals surface area contributed by atoms with Crippen molar-refractivity contribution in [2.45, 2.75) is 25.3 Å². The van der Waals surface area contributed by atoms with Gasteiger partial charge in [-0.25, -0.2) is 0 Å². The quantitative estimate of drug-likeness (QED) is 0.803. The highest BCUT2D eigenvalue weighted by atomic mass is 79.9. The Labute approximate surface area is 131 Å². The van der Waals surface area contributed by atoms with Crippen LogP contribution in [0.2, 0.25) is 0 Å². The van der Waals surface area contributed by atoms with Crippen molar-refractivity contribution in [3.63, 3.8) is 0 Å². The number of thiophene rings is 1. The zero-order valence-corrected chi connectivity index (χ0v) is 13.5. The summed E-state index contributed by atoms with van der Waals surface area (Å²) in [6.45, 7) is 0.885. The van der Waals surface area contributed by atoms with Gasteiger partial charge in [-0.3, -0.25) is 4.79 Å². The van der Waals surface area contributed by atoms with Crippen molar-refractivity contribution in [2.24, 2.45) is 0 Å². The van der Waals surface area contributed by atoms with Gasteiger partial charge in [0.25, 0.3) is 0 Å². The molecular weight excluding hydrogens is 334 g/mol. The van der Waals surface area contributed by atoms with Gasteiger partial charge < -0.3 is 4.90 Å². The molecule has 104 valence electrons. The van der Waals surface area contributed by atoms with Crippen molar-refractivity contribution in [1.29, 1.82) is 0 Å². The van der Waals surface area contributed by atoms with E-state index in [0.29, 0.717) is 6.42 Å². The first-order valence-electron chi connectivity index (χ1n) is 6.80. The third-order valence-corrected chi connectivity index (χ3v) is 5.00. The first-order chi connectivity index (χ1) is 9.74. The van der Waals surface area contributed by atoms with E-state index in [1.807, 2.05) is 29.2 Å². The molecule has 0 bridgehead atoms. The molecule has 0 saturated carbocycles. The van der Waals surface area contributed by atoms with Crippen molar-refractivity contribution < 1.29 is 4.79 Å². The van der Waals surface area contributed by atoms with Crippen LogP contribution in [0.1, 0.15) is 30.0 Å². The molecule has 4 heteroatoms. The highest BCUT2D eigenvalue weighted by molar-refractivity contribution is 9.10. The van der Waals surface area contributed by atoms with Crippen molar-refractivity contribution in [2.75, 3.05) is 6.54 Å². The largest absolute Gasteiger partial charge is 0.335 e. The number of halogens is 1. The summed E-state index contributed by atoms with van der Waals surface area (Å²) in [6.07, 6.45) is 2.68. The van der Waals surface area contributed by atoms with E-state index in [1.54, 1.807) is 11.3 Å². The second-order valence-electron chi connectivity index (χ2n) is 5.11. The molecule has 2 nitrogen and oxygen atoms in total. The SMILES string of the molecule is O=C(Cc1ccc(Br)cc1)N1CCC[C@H]1c1ccsc1. The van der Waals surface area contributed by atoms with Crippen LogP contribution in [0, 0.1) is 0 Å². The molecule has 1 aromatic heterocycles. The fourth-order valence-corrected chi connectivity index (χ4v) is 3.73. The van der Waals surface area contributed by atoms with Crippen molar-refractivity contribution in [1.82, 2.24) is 4.90 Å². The summed E-state index contributed by atoms with van der Waals surface area (Å²) < 4.78 is 1.05. The van der Waals surface area contributed by atoms with Crippen LogP contribution in [0.5, 0.6) is 0 Å². The maximum absolute atomic E-state index is 12.5. The molecule has 1 amide bonds. The van der Waals surface area contributed by atoms with Gasteiger partial charge in [0.15, 0.2) is 0 Å². The van der Waals surface area contributed by atoms with Crippen molar-refractivity contribution in [3.8, 4) is 0 Å². The lowest BCUT2D eigenvalue weighted by Gasteiger charge is -2.24. The van der Waals surface area contributed by atoms with E-state index in [-0.39, 0.29) is 11.9 Å². The summed E-state index contributed by atoms with van der Waals surface area (Å²) in [5.41, 5.74) is 2.37. The summed E-state index contributed by atoms with van der Waals surface area (Å²) >= 11 is 5.12. The van der Waals surface area contributed by atoms with Gasteiger partial charge in [0, 0.05) is 11.0 Å². The molecule has 2 heterocycles. The van der Waals surface area contributed by atoms with E-state index >= 15 is 0 Å². The molecule has 0 N–H and O–H groups in total. The van der Waals surface area contributed by atoms with E-state index in [1.165, 1.54) is 5.56 Å². The van der Waals surface area contributed by atoms with Gasteiger partial charge in [0.2, 0.25) is 5.91 Å². The number of rotatable bonds is 3. The number of carbonyl (C=O) groups is 1. The molecule has 20 heavy (non-hydrogen) atoms. The number of carbonyl (C=O) groups excluding carboxylic acids is 1. The minimum absolute atomic E-state index is 0.237. The van der Waals surface area contributed by atoms with Gasteiger partial charge in [0.05, 0.1) is 12.5 Å². The minimum Gasteiger partial charge on any atom is -0.335 e. The van der Waals surface area contributed by atoms with Gasteiger partial charge in [-0.1, -0.05) is 28.1 Å². The standard InChI is InChI=1S/C16H16BrNOS/c17-14-5-3-12(4-6-14)10-16(19)18-8-1-2-15(18)13-7-9-20-11-13/h3-7,9,11,15H,1-2,8,10H2/t15-/m0/s1. The topological polar surface area (TPSA) is 20.3 Å². The highest BCUT2D eigenvalue weighted by Crippen LogP contribution is 2.33. The van der Waals surface area contributed by atoms with Crippen LogP contribution < -0.4 is 0 Å². The molecule has 1 aliphatic heterocycles. The third-order valence-electron chi connectivity index (χ3n) is 3.77. The summed E-state index contributed by atoms with van der Waals surface area (Å²) in [7, 11) is 0. The Morgan fingerprint density at radius 2 is 2.10 bits per heavy atom. The molecular formula is C16H16BrNOS. The van der Waals surface area contributed by atoms with E-state index in [9.17, 15) is 4.79 Å². The van der Waals surface area contributed by atoms with Gasteiger partial charge in [-0.05, 0) is 52.9 Å². The minimum atomic E-state index is 0.237. The highest BCUT2D eigenvalue weighted by Gasteiger charge is 2.29. The lowest BCUT2D eigenvalue weighted by atomic mass is 10.1. The smallest absolute Gasteiger partial charge is 0.227 e. The van der Waals surface area contributed by atoms with Crippen LogP contribution in [0.15, 0.2) is 45.6 Å². The van der Waals surface area contributed by atoms with E-state index in [2.05, 4.69) is 32.8 Å². The normalized spacial score (nSPS) is 18.4. The van der Waals surface area contributed by atoms with Gasteiger partial charge in [0.1, 0.15) is 0 Å². The molecule has 0 unspecified atom stereocenters. The zero-order chi connectivity index (χ0) is 13.9. The molecule has 1 atom stereocenters. The molecule has 1 saturated heterocycles. The number of hydrogen-bond acceptors (Lipinski definition) is 2. The molecule has 0 radical (unpaired) electrons. The first kappa shape index (κ1) is 13.8. The first-order valence-corrected chi connectivity index (χ1v) is 8.53. The van der Waals surface area contributed by atoms with Crippen LogP contribution in [-0.4, -0.2) is 17.4 Å². The van der Waals surface area contributed by atoms with E-state index < -0.39 is 0 Å². The maximum Gasteiger partial charge on any atom is 0.227 e. The van der Waals surface area contributed by atoms with Gasteiger partial charge in [-0.15, -0.1) is 0 Å². The predicted molar refractivity (Wildman–Crippen MR) is 85.9 cm³/mol. The molecule has 2 aromatic rings. The van der Waals surface area contributed by atoms with Crippen molar-refractivity contribution >= 4 is 33.2 Å². The van der Waals surface area contributed by atoms with Crippen molar-refractivity contribution in [3.05, 3.63) is 56.7 Å². The average molecular weight is 350 g/mol. The number of benzene rings is 1. The third kappa shape index (κ3) is 2.96. The number of nitrogens with zero attached hydrogens (tertiary/aromatic N) is 1. The average Bonchev–Trinajstić information content (AvgIpc) is 3.11. The summed E-state index contributed by atoms with van der Waals surface area (Å²) in [6, 6.07) is 10.4. The lowest BCUT2D eigenvalue weighted by Crippen LogP contribution is -2.31. The molecule has 1 aromatic carbocycles. The Morgan fingerprint density at radius 3 is 2.80 bits per heavy atom. The number of amides is 1. The fourth-order valence-electron chi connectivity index (χ4n) is 2.75. The molecule has 1 aliphatic rings. The molecule has 3 rings (SSSR count). The Hall–Kier alpha value is -1.13. The lowest BCUT2D eigenvalue weighted by molar-refractivity contribution is -0.131. The monoisotopic (exact) mass is 349 g/mol. The summed E-state index contributed by atoms with van der Waals surface area (Å²) in [4.78, 5) is 14.6. The predicted octanol–water partition coefficient (Wildman–Crippen LogP) is 4.42. The Morgan fingerprint density at radius 1 is 1.30 bits per heavy atom. The Balaban J connectivity index is 1.71. The Bertz CT molecular complexity index is 579. The fraction of sp³-hybridized carbons (Fsp3) is 0.312. The van der Waals surface area contributed by atoms with Gasteiger partial charge in [-0.2, -0.15) is 11.3 Å². The zero-order valence-electron chi connectivity index (χ0n) is 11.1. The molecule has 0 aliphatic carbocycles. The number of likely N-dealkylation sites (tertiary alicyclic amines) is 1. The maximum atomic E-state index is 12.5. The van der Waals surface area contributed by atoms with Crippen LogP contribution in [-0.2, 0) is 11.2 Å². The van der Waals surface area contributed by atoms with Crippen LogP contribution in [0.3, 0.4) is 0 Å². The van der Waals surface area contributed by atoms with Crippen LogP contribution in [0.25, 0.3) is 0 Å². The second kappa shape index (κ2) is 6.10. The summed E-state index contributed by atoms with van der Waals surface area (Å²) in [5, 5.41) is 4.25. The van der Waals surface area contributed by atoms with Crippen LogP contribution in [0.4, 0.5) is 0 Å².